The molecule has 0 aliphatic carbocycles. The lowest BCUT2D eigenvalue weighted by Gasteiger charge is -2.30. The molecule has 3 heterocycles. The molecule has 0 spiro atoms. The number of hydroxylamine groups is 2. The van der Waals surface area contributed by atoms with Crippen LogP contribution < -0.4 is 5.32 Å². The van der Waals surface area contributed by atoms with Crippen molar-refractivity contribution in [3.63, 3.8) is 0 Å². The molecule has 2 fully saturated rings. The Labute approximate surface area is 161 Å². The van der Waals surface area contributed by atoms with Crippen molar-refractivity contribution in [3.8, 4) is 0 Å². The molecule has 2 N–H and O–H groups in total. The monoisotopic (exact) mass is 416 g/mol. The van der Waals surface area contributed by atoms with E-state index in [1.54, 1.807) is 6.07 Å². The predicted octanol–water partition coefficient (Wildman–Crippen LogP) is -0.401. The summed E-state index contributed by atoms with van der Waals surface area (Å²) in [5.74, 6) is -3.63. The van der Waals surface area contributed by atoms with Gasteiger partial charge in [0.15, 0.2) is 5.15 Å². The van der Waals surface area contributed by atoms with Crippen LogP contribution >= 0.6 is 23.4 Å². The average Bonchev–Trinajstić information content (AvgIpc) is 3.19. The van der Waals surface area contributed by atoms with Gasteiger partial charge < -0.3 is 15.2 Å². The SMILES string of the molecule is O=C(CSc1ccc(Cl)nn1)N[C@H]1CON(C2(C(=O)O)CCC(=O)O2)C1=O. The first-order valence-corrected chi connectivity index (χ1v) is 9.02. The minimum atomic E-state index is -2.21. The second kappa shape index (κ2) is 7.66. The molecular weight excluding hydrogens is 404 g/mol. The van der Waals surface area contributed by atoms with E-state index in [2.05, 4.69) is 15.5 Å². The topological polar surface area (TPSA) is 148 Å². The van der Waals surface area contributed by atoms with Crippen LogP contribution in [-0.2, 0) is 28.8 Å². The van der Waals surface area contributed by atoms with E-state index in [1.165, 1.54) is 6.07 Å². The molecule has 1 unspecified atom stereocenters. The molecule has 1 aromatic rings. The quantitative estimate of drug-likeness (QED) is 0.463. The van der Waals surface area contributed by atoms with Crippen molar-refractivity contribution in [2.45, 2.75) is 29.6 Å². The van der Waals surface area contributed by atoms with E-state index in [4.69, 9.17) is 21.2 Å². The third kappa shape index (κ3) is 3.96. The minimum absolute atomic E-state index is 0.0564. The van der Waals surface area contributed by atoms with Crippen molar-refractivity contribution in [2.24, 2.45) is 0 Å². The number of carboxylic acids is 1. The molecule has 144 valence electrons. The zero-order valence-electron chi connectivity index (χ0n) is 13.6. The number of ether oxygens (including phenoxy) is 1. The van der Waals surface area contributed by atoms with Gasteiger partial charge in [0, 0.05) is 6.42 Å². The lowest BCUT2D eigenvalue weighted by molar-refractivity contribution is -0.256. The van der Waals surface area contributed by atoms with Gasteiger partial charge in [-0.05, 0) is 12.1 Å². The van der Waals surface area contributed by atoms with Crippen molar-refractivity contribution in [1.82, 2.24) is 20.6 Å². The Morgan fingerprint density at radius 3 is 2.78 bits per heavy atom. The van der Waals surface area contributed by atoms with Crippen molar-refractivity contribution >= 4 is 47.1 Å². The number of nitrogens with one attached hydrogen (secondary N) is 1. The lowest BCUT2D eigenvalue weighted by atomic mass is 10.1. The number of halogens is 1. The van der Waals surface area contributed by atoms with Crippen LogP contribution in [0.15, 0.2) is 17.2 Å². The number of hydrogen-bond acceptors (Lipinski definition) is 9. The molecule has 27 heavy (non-hydrogen) atoms. The summed E-state index contributed by atoms with van der Waals surface area (Å²) in [6.45, 7) is -0.275. The third-order valence-corrected chi connectivity index (χ3v) is 4.90. The molecule has 2 aliphatic rings. The molecule has 0 bridgehead atoms. The number of carbonyl (C=O) groups excluding carboxylic acids is 3. The van der Waals surface area contributed by atoms with Gasteiger partial charge in [-0.3, -0.25) is 19.2 Å². The number of carbonyl (C=O) groups is 4. The van der Waals surface area contributed by atoms with Crippen molar-refractivity contribution in [1.29, 1.82) is 0 Å². The smallest absolute Gasteiger partial charge is 0.372 e. The number of carboxylic acid groups (broad SMARTS) is 1. The molecule has 0 aromatic carbocycles. The summed E-state index contributed by atoms with van der Waals surface area (Å²) in [5, 5.41) is 20.5. The van der Waals surface area contributed by atoms with Crippen LogP contribution in [0, 0.1) is 0 Å². The standard InChI is InChI=1S/C14H13ClN4O7S/c15-8-1-2-10(18-17-8)27-6-9(20)16-7-5-25-19(12(7)22)14(13(23)24)4-3-11(21)26-14/h1-2,7H,3-6H2,(H,16,20)(H,23,24)/t7-,14?/m0/s1. The molecule has 0 saturated carbocycles. The van der Waals surface area contributed by atoms with Crippen LogP contribution in [0.5, 0.6) is 0 Å². The van der Waals surface area contributed by atoms with Crippen LogP contribution in [0.2, 0.25) is 5.15 Å². The molecule has 13 heteroatoms. The zero-order chi connectivity index (χ0) is 19.6. The van der Waals surface area contributed by atoms with E-state index in [0.29, 0.717) is 10.1 Å². The summed E-state index contributed by atoms with van der Waals surface area (Å²) in [7, 11) is 0. The molecule has 0 radical (unpaired) electrons. The molecule has 3 rings (SSSR count). The molecule has 2 amide bonds. The van der Waals surface area contributed by atoms with E-state index >= 15 is 0 Å². The first-order valence-electron chi connectivity index (χ1n) is 7.65. The molecule has 2 atom stereocenters. The van der Waals surface area contributed by atoms with Crippen LogP contribution in [-0.4, -0.2) is 68.2 Å². The van der Waals surface area contributed by atoms with Crippen LogP contribution in [0.3, 0.4) is 0 Å². The van der Waals surface area contributed by atoms with E-state index in [1.807, 2.05) is 0 Å². The van der Waals surface area contributed by atoms with E-state index in [0.717, 1.165) is 11.8 Å². The Balaban J connectivity index is 1.58. The number of aliphatic carboxylic acids is 1. The van der Waals surface area contributed by atoms with Crippen molar-refractivity contribution in [3.05, 3.63) is 17.3 Å². The number of amides is 2. The summed E-state index contributed by atoms with van der Waals surface area (Å²) in [6.07, 6.45) is -0.395. The second-order valence-electron chi connectivity index (χ2n) is 5.60. The average molecular weight is 417 g/mol. The molecule has 1 aromatic heterocycles. The maximum Gasteiger partial charge on any atom is 0.372 e. The van der Waals surface area contributed by atoms with Gasteiger partial charge in [-0.15, -0.1) is 10.2 Å². The maximum absolute atomic E-state index is 12.4. The van der Waals surface area contributed by atoms with Gasteiger partial charge in [-0.25, -0.2) is 4.79 Å². The first kappa shape index (κ1) is 19.3. The number of hydrogen-bond donors (Lipinski definition) is 2. The minimum Gasteiger partial charge on any atom is -0.477 e. The van der Waals surface area contributed by atoms with Gasteiger partial charge >= 0.3 is 17.7 Å². The highest BCUT2D eigenvalue weighted by atomic mass is 35.5. The maximum atomic E-state index is 12.4. The van der Waals surface area contributed by atoms with Gasteiger partial charge in [0.25, 0.3) is 5.91 Å². The number of aromatic nitrogens is 2. The molecule has 11 nitrogen and oxygen atoms in total. The summed E-state index contributed by atoms with van der Waals surface area (Å²) in [5.41, 5.74) is -2.21. The molecular formula is C14H13ClN4O7S. The third-order valence-electron chi connectivity index (χ3n) is 3.78. The Morgan fingerprint density at radius 2 is 2.19 bits per heavy atom. The van der Waals surface area contributed by atoms with Gasteiger partial charge in [0.05, 0.1) is 12.2 Å². The lowest BCUT2D eigenvalue weighted by Crippen LogP contribution is -2.56. The van der Waals surface area contributed by atoms with E-state index in [-0.39, 0.29) is 30.4 Å². The fourth-order valence-electron chi connectivity index (χ4n) is 2.51. The van der Waals surface area contributed by atoms with Gasteiger partial charge in [-0.1, -0.05) is 23.4 Å². The van der Waals surface area contributed by atoms with Crippen LogP contribution in [0.1, 0.15) is 12.8 Å². The van der Waals surface area contributed by atoms with E-state index < -0.39 is 35.5 Å². The Morgan fingerprint density at radius 1 is 1.41 bits per heavy atom. The summed E-state index contributed by atoms with van der Waals surface area (Å²) < 4.78 is 4.83. The Bertz CT molecular complexity index is 792. The number of cyclic esters (lactones) is 1. The molecule has 2 aliphatic heterocycles. The van der Waals surface area contributed by atoms with Crippen LogP contribution in [0.25, 0.3) is 0 Å². The first-order chi connectivity index (χ1) is 12.8. The van der Waals surface area contributed by atoms with Crippen molar-refractivity contribution in [2.75, 3.05) is 12.4 Å². The van der Waals surface area contributed by atoms with Gasteiger partial charge in [0.1, 0.15) is 17.7 Å². The fourth-order valence-corrected chi connectivity index (χ4v) is 3.24. The Kier molecular flexibility index (Phi) is 5.48. The molecule has 2 saturated heterocycles. The Hall–Kier alpha value is -2.44. The highest BCUT2D eigenvalue weighted by molar-refractivity contribution is 7.99. The normalized spacial score (nSPS) is 24.8. The zero-order valence-corrected chi connectivity index (χ0v) is 15.2. The number of thioether (sulfide) groups is 1. The number of nitrogens with zero attached hydrogens (tertiary/aromatic N) is 3. The van der Waals surface area contributed by atoms with E-state index in [9.17, 15) is 24.3 Å². The number of rotatable bonds is 6. The van der Waals surface area contributed by atoms with Crippen molar-refractivity contribution < 1.29 is 33.9 Å². The largest absolute Gasteiger partial charge is 0.477 e. The fraction of sp³-hybridized carbons (Fsp3) is 0.429. The van der Waals surface area contributed by atoms with Gasteiger partial charge in [0.2, 0.25) is 5.91 Å². The second-order valence-corrected chi connectivity index (χ2v) is 6.98. The summed E-state index contributed by atoms with van der Waals surface area (Å²) in [6, 6.07) is 2.02. The summed E-state index contributed by atoms with van der Waals surface area (Å²) >= 11 is 6.70. The highest BCUT2D eigenvalue weighted by Gasteiger charge is 2.59. The van der Waals surface area contributed by atoms with Gasteiger partial charge in [-0.2, -0.15) is 5.06 Å². The van der Waals surface area contributed by atoms with Crippen LogP contribution in [0.4, 0.5) is 0 Å². The summed E-state index contributed by atoms with van der Waals surface area (Å²) in [4.78, 5) is 52.5. The predicted molar refractivity (Wildman–Crippen MR) is 88.2 cm³/mol. The highest BCUT2D eigenvalue weighted by Crippen LogP contribution is 2.34. The number of esters is 1.